The van der Waals surface area contributed by atoms with Gasteiger partial charge in [0.25, 0.3) is 0 Å². The molecule has 0 saturated carbocycles. The van der Waals surface area contributed by atoms with Crippen molar-refractivity contribution in [3.63, 3.8) is 0 Å². The normalized spacial score (nSPS) is 17.9. The van der Waals surface area contributed by atoms with Gasteiger partial charge >= 0.3 is 0 Å². The van der Waals surface area contributed by atoms with E-state index in [4.69, 9.17) is 9.26 Å². The molecule has 3 heterocycles. The molecule has 25 heavy (non-hydrogen) atoms. The van der Waals surface area contributed by atoms with Crippen molar-refractivity contribution in [1.29, 1.82) is 0 Å². The standard InChI is InChI=1S/C18H21N5O2/c1-22-11-13(10-19-22)15-7-5-9-23(15)12-17-20-18(21-25-17)14-6-3-4-8-16(14)24-2/h3-4,6,8,10-11,15H,5,7,9,12H2,1-2H3/t15-/m0/s1. The van der Waals surface area contributed by atoms with Crippen molar-refractivity contribution in [2.45, 2.75) is 25.4 Å². The molecule has 2 aromatic heterocycles. The third-order valence-electron chi connectivity index (χ3n) is 4.63. The van der Waals surface area contributed by atoms with E-state index < -0.39 is 0 Å². The largest absolute Gasteiger partial charge is 0.496 e. The molecule has 0 aliphatic carbocycles. The van der Waals surface area contributed by atoms with Crippen molar-refractivity contribution in [2.24, 2.45) is 7.05 Å². The summed E-state index contributed by atoms with van der Waals surface area (Å²) in [7, 11) is 3.59. The fourth-order valence-electron chi connectivity index (χ4n) is 3.44. The van der Waals surface area contributed by atoms with E-state index in [9.17, 15) is 0 Å². The molecule has 1 aromatic carbocycles. The molecular formula is C18H21N5O2. The van der Waals surface area contributed by atoms with Gasteiger partial charge in [0.15, 0.2) is 0 Å². The Morgan fingerprint density at radius 3 is 3.00 bits per heavy atom. The molecule has 3 aromatic rings. The number of ether oxygens (including phenoxy) is 1. The SMILES string of the molecule is COc1ccccc1-c1noc(CN2CCC[C@H]2c2cnn(C)c2)n1. The Bertz CT molecular complexity index is 857. The number of hydrogen-bond donors (Lipinski definition) is 0. The highest BCUT2D eigenvalue weighted by Crippen LogP contribution is 2.33. The molecule has 1 saturated heterocycles. The van der Waals surface area contributed by atoms with Gasteiger partial charge in [0.2, 0.25) is 11.7 Å². The zero-order valence-electron chi connectivity index (χ0n) is 14.4. The van der Waals surface area contributed by atoms with Crippen LogP contribution in [-0.4, -0.2) is 38.5 Å². The Labute approximate surface area is 146 Å². The van der Waals surface area contributed by atoms with Gasteiger partial charge in [0, 0.05) is 24.8 Å². The summed E-state index contributed by atoms with van der Waals surface area (Å²) in [4.78, 5) is 6.94. The van der Waals surface area contributed by atoms with E-state index in [-0.39, 0.29) is 0 Å². The minimum Gasteiger partial charge on any atom is -0.496 e. The average Bonchev–Trinajstić information content (AvgIpc) is 3.36. The van der Waals surface area contributed by atoms with Gasteiger partial charge in [0.1, 0.15) is 5.75 Å². The number of aryl methyl sites for hydroxylation is 1. The van der Waals surface area contributed by atoms with E-state index in [0.717, 1.165) is 30.7 Å². The van der Waals surface area contributed by atoms with Crippen LogP contribution < -0.4 is 4.74 Å². The predicted octanol–water partition coefficient (Wildman–Crippen LogP) is 2.82. The van der Waals surface area contributed by atoms with Crippen LogP contribution in [0.4, 0.5) is 0 Å². The summed E-state index contributed by atoms with van der Waals surface area (Å²) in [5.74, 6) is 1.92. The molecule has 1 atom stereocenters. The molecule has 0 spiro atoms. The Morgan fingerprint density at radius 2 is 2.20 bits per heavy atom. The van der Waals surface area contributed by atoms with Crippen LogP contribution in [0.15, 0.2) is 41.2 Å². The highest BCUT2D eigenvalue weighted by atomic mass is 16.5. The lowest BCUT2D eigenvalue weighted by Crippen LogP contribution is -2.22. The molecule has 1 aliphatic rings. The topological polar surface area (TPSA) is 69.2 Å². The quantitative estimate of drug-likeness (QED) is 0.712. The third kappa shape index (κ3) is 3.15. The van der Waals surface area contributed by atoms with Crippen molar-refractivity contribution in [1.82, 2.24) is 24.8 Å². The van der Waals surface area contributed by atoms with Gasteiger partial charge in [-0.3, -0.25) is 9.58 Å². The van der Waals surface area contributed by atoms with Gasteiger partial charge in [-0.05, 0) is 31.5 Å². The van der Waals surface area contributed by atoms with Crippen molar-refractivity contribution < 1.29 is 9.26 Å². The number of benzene rings is 1. The summed E-state index contributed by atoms with van der Waals surface area (Å²) >= 11 is 0. The smallest absolute Gasteiger partial charge is 0.241 e. The molecule has 0 amide bonds. The van der Waals surface area contributed by atoms with E-state index in [1.54, 1.807) is 7.11 Å². The number of para-hydroxylation sites is 1. The van der Waals surface area contributed by atoms with E-state index in [1.165, 1.54) is 5.56 Å². The van der Waals surface area contributed by atoms with Crippen LogP contribution in [0.25, 0.3) is 11.4 Å². The zero-order valence-corrected chi connectivity index (χ0v) is 14.4. The van der Waals surface area contributed by atoms with Gasteiger partial charge < -0.3 is 9.26 Å². The van der Waals surface area contributed by atoms with Crippen molar-refractivity contribution >= 4 is 0 Å². The molecule has 0 N–H and O–H groups in total. The van der Waals surface area contributed by atoms with Crippen molar-refractivity contribution in [3.05, 3.63) is 48.1 Å². The summed E-state index contributed by atoms with van der Waals surface area (Å²) in [5.41, 5.74) is 2.08. The second-order valence-corrected chi connectivity index (χ2v) is 6.29. The molecule has 1 fully saturated rings. The van der Waals surface area contributed by atoms with Crippen LogP contribution in [0.2, 0.25) is 0 Å². The summed E-state index contributed by atoms with van der Waals surface area (Å²) in [6, 6.07) is 8.04. The number of aromatic nitrogens is 4. The predicted molar refractivity (Wildman–Crippen MR) is 91.9 cm³/mol. The van der Waals surface area contributed by atoms with Crippen LogP contribution in [0.1, 0.15) is 30.3 Å². The molecular weight excluding hydrogens is 318 g/mol. The molecule has 4 rings (SSSR count). The Kier molecular flexibility index (Phi) is 4.23. The van der Waals surface area contributed by atoms with E-state index in [0.29, 0.717) is 24.3 Å². The number of nitrogens with zero attached hydrogens (tertiary/aromatic N) is 5. The van der Waals surface area contributed by atoms with Gasteiger partial charge in [-0.15, -0.1) is 0 Å². The van der Waals surface area contributed by atoms with Crippen molar-refractivity contribution in [2.75, 3.05) is 13.7 Å². The molecule has 7 nitrogen and oxygen atoms in total. The van der Waals surface area contributed by atoms with Gasteiger partial charge in [0.05, 0.1) is 25.4 Å². The Balaban J connectivity index is 1.53. The van der Waals surface area contributed by atoms with E-state index in [2.05, 4.69) is 26.3 Å². The molecule has 7 heteroatoms. The molecule has 130 valence electrons. The van der Waals surface area contributed by atoms with Gasteiger partial charge in [-0.1, -0.05) is 17.3 Å². The van der Waals surface area contributed by atoms with Crippen LogP contribution in [-0.2, 0) is 13.6 Å². The molecule has 0 radical (unpaired) electrons. The second kappa shape index (κ2) is 6.68. The molecule has 1 aliphatic heterocycles. The average molecular weight is 339 g/mol. The Morgan fingerprint density at radius 1 is 1.32 bits per heavy atom. The van der Waals surface area contributed by atoms with Crippen LogP contribution in [0.3, 0.4) is 0 Å². The van der Waals surface area contributed by atoms with E-state index in [1.807, 2.05) is 42.2 Å². The second-order valence-electron chi connectivity index (χ2n) is 6.29. The maximum atomic E-state index is 5.49. The lowest BCUT2D eigenvalue weighted by molar-refractivity contribution is 0.212. The third-order valence-corrected chi connectivity index (χ3v) is 4.63. The number of rotatable bonds is 5. The first-order valence-electron chi connectivity index (χ1n) is 8.43. The van der Waals surface area contributed by atoms with E-state index >= 15 is 0 Å². The summed E-state index contributed by atoms with van der Waals surface area (Å²) in [6.45, 7) is 1.66. The first-order chi connectivity index (χ1) is 12.2. The minimum atomic E-state index is 0.357. The minimum absolute atomic E-state index is 0.357. The monoisotopic (exact) mass is 339 g/mol. The summed E-state index contributed by atoms with van der Waals surface area (Å²) < 4.78 is 12.7. The number of methoxy groups -OCH3 is 1. The Hall–Kier alpha value is -2.67. The lowest BCUT2D eigenvalue weighted by Gasteiger charge is -2.21. The van der Waals surface area contributed by atoms with Gasteiger partial charge in [-0.2, -0.15) is 10.1 Å². The number of likely N-dealkylation sites (tertiary alicyclic amines) is 1. The summed E-state index contributed by atoms with van der Waals surface area (Å²) in [6.07, 6.45) is 6.31. The van der Waals surface area contributed by atoms with Crippen LogP contribution in [0, 0.1) is 0 Å². The maximum Gasteiger partial charge on any atom is 0.241 e. The summed E-state index contributed by atoms with van der Waals surface area (Å²) in [5, 5.41) is 8.42. The maximum absolute atomic E-state index is 5.49. The van der Waals surface area contributed by atoms with Gasteiger partial charge in [-0.25, -0.2) is 0 Å². The zero-order chi connectivity index (χ0) is 17.2. The van der Waals surface area contributed by atoms with Crippen molar-refractivity contribution in [3.8, 4) is 17.1 Å². The highest BCUT2D eigenvalue weighted by molar-refractivity contribution is 5.63. The highest BCUT2D eigenvalue weighted by Gasteiger charge is 2.28. The number of hydrogen-bond acceptors (Lipinski definition) is 6. The first-order valence-corrected chi connectivity index (χ1v) is 8.43. The fraction of sp³-hybridized carbons (Fsp3) is 0.389. The fourth-order valence-corrected chi connectivity index (χ4v) is 3.44. The van der Waals surface area contributed by atoms with Crippen LogP contribution >= 0.6 is 0 Å². The van der Waals surface area contributed by atoms with Crippen LogP contribution in [0.5, 0.6) is 5.75 Å². The molecule has 0 bridgehead atoms. The first kappa shape index (κ1) is 15.8. The molecule has 0 unspecified atom stereocenters. The lowest BCUT2D eigenvalue weighted by atomic mass is 10.1.